The van der Waals surface area contributed by atoms with Crippen molar-refractivity contribution in [3.8, 4) is 0 Å². The minimum atomic E-state index is 0.910. The first kappa shape index (κ1) is 10.2. The van der Waals surface area contributed by atoms with Crippen molar-refractivity contribution in [1.29, 1.82) is 0 Å². The summed E-state index contributed by atoms with van der Waals surface area (Å²) in [5, 5.41) is 4.16. The predicted octanol–water partition coefficient (Wildman–Crippen LogP) is 2.48. The molecular formula is C9H15N3S. The van der Waals surface area contributed by atoms with Gasteiger partial charge in [0.25, 0.3) is 0 Å². The molecule has 13 heavy (non-hydrogen) atoms. The molecule has 0 aliphatic heterocycles. The third-order valence-electron chi connectivity index (χ3n) is 1.61. The van der Waals surface area contributed by atoms with Crippen LogP contribution in [0, 0.1) is 0 Å². The fourth-order valence-electron chi connectivity index (χ4n) is 0.898. The van der Waals surface area contributed by atoms with Gasteiger partial charge in [0.2, 0.25) is 5.13 Å². The summed E-state index contributed by atoms with van der Waals surface area (Å²) in [5.74, 6) is 0.929. The molecule has 0 aromatic carbocycles. The number of nitrogens with one attached hydrogen (secondary N) is 1. The van der Waals surface area contributed by atoms with Crippen molar-refractivity contribution in [3.05, 3.63) is 18.0 Å². The van der Waals surface area contributed by atoms with Crippen LogP contribution in [0.2, 0.25) is 0 Å². The molecule has 0 spiro atoms. The van der Waals surface area contributed by atoms with E-state index in [1.807, 2.05) is 6.92 Å². The topological polar surface area (TPSA) is 37.8 Å². The standard InChI is InChI=1S/C9H15N3S/c1-3-5-6-7-10-9-11-8(4-2)12-13-9/h3,5H,4,6-7H2,1-2H3,(H,10,11,12)/b5-3+. The second-order valence-electron chi connectivity index (χ2n) is 2.65. The molecule has 0 radical (unpaired) electrons. The van der Waals surface area contributed by atoms with E-state index in [1.54, 1.807) is 0 Å². The molecule has 72 valence electrons. The van der Waals surface area contributed by atoms with Gasteiger partial charge in [0.1, 0.15) is 5.82 Å². The molecule has 0 amide bonds. The molecule has 4 heteroatoms. The molecule has 3 nitrogen and oxygen atoms in total. The molecule has 0 aliphatic carbocycles. The highest BCUT2D eigenvalue weighted by Crippen LogP contribution is 2.10. The Labute approximate surface area is 83.1 Å². The van der Waals surface area contributed by atoms with Crippen molar-refractivity contribution in [2.45, 2.75) is 26.7 Å². The maximum Gasteiger partial charge on any atom is 0.202 e. The normalized spacial score (nSPS) is 10.9. The Morgan fingerprint density at radius 2 is 2.38 bits per heavy atom. The lowest BCUT2D eigenvalue weighted by atomic mass is 10.4. The first-order valence-electron chi connectivity index (χ1n) is 4.54. The Bertz CT molecular complexity index is 268. The number of hydrogen-bond donors (Lipinski definition) is 1. The summed E-state index contributed by atoms with van der Waals surface area (Å²) < 4.78 is 4.18. The van der Waals surface area contributed by atoms with Gasteiger partial charge in [-0.05, 0) is 13.3 Å². The number of rotatable bonds is 5. The maximum atomic E-state index is 4.30. The number of nitrogens with zero attached hydrogens (tertiary/aromatic N) is 2. The molecular weight excluding hydrogens is 182 g/mol. The van der Waals surface area contributed by atoms with Crippen LogP contribution in [0.4, 0.5) is 5.13 Å². The van der Waals surface area contributed by atoms with Crippen molar-refractivity contribution in [3.63, 3.8) is 0 Å². The number of allylic oxidation sites excluding steroid dienone is 1. The van der Waals surface area contributed by atoms with Crippen molar-refractivity contribution in [2.24, 2.45) is 0 Å². The van der Waals surface area contributed by atoms with Crippen LogP contribution in [0.1, 0.15) is 26.1 Å². The predicted molar refractivity (Wildman–Crippen MR) is 57.2 cm³/mol. The Hall–Kier alpha value is -0.900. The third-order valence-corrected chi connectivity index (χ3v) is 2.32. The van der Waals surface area contributed by atoms with Gasteiger partial charge < -0.3 is 5.32 Å². The van der Waals surface area contributed by atoms with E-state index in [-0.39, 0.29) is 0 Å². The molecule has 0 aliphatic rings. The Balaban J connectivity index is 2.28. The van der Waals surface area contributed by atoms with Gasteiger partial charge in [-0.1, -0.05) is 19.1 Å². The van der Waals surface area contributed by atoms with Crippen LogP contribution in [-0.2, 0) is 6.42 Å². The minimum Gasteiger partial charge on any atom is -0.360 e. The molecule has 1 aromatic heterocycles. The van der Waals surface area contributed by atoms with E-state index in [0.717, 1.165) is 30.3 Å². The SMILES string of the molecule is C/C=C/CCNc1nc(CC)ns1. The van der Waals surface area contributed by atoms with E-state index in [1.165, 1.54) is 11.5 Å². The number of anilines is 1. The molecule has 0 unspecified atom stereocenters. The zero-order valence-corrected chi connectivity index (χ0v) is 8.90. The quantitative estimate of drug-likeness (QED) is 0.582. The average molecular weight is 197 g/mol. The lowest BCUT2D eigenvalue weighted by Gasteiger charge is -1.96. The van der Waals surface area contributed by atoms with Crippen molar-refractivity contribution in [2.75, 3.05) is 11.9 Å². The largest absolute Gasteiger partial charge is 0.360 e. The first-order chi connectivity index (χ1) is 6.36. The van der Waals surface area contributed by atoms with Gasteiger partial charge in [0.15, 0.2) is 0 Å². The van der Waals surface area contributed by atoms with Crippen LogP contribution >= 0.6 is 11.5 Å². The second-order valence-corrected chi connectivity index (χ2v) is 3.41. The van der Waals surface area contributed by atoms with Crippen molar-refractivity contribution < 1.29 is 0 Å². The maximum absolute atomic E-state index is 4.30. The van der Waals surface area contributed by atoms with Gasteiger partial charge >= 0.3 is 0 Å². The summed E-state index contributed by atoms with van der Waals surface area (Å²) >= 11 is 1.44. The number of aromatic nitrogens is 2. The van der Waals surface area contributed by atoms with Gasteiger partial charge in [-0.15, -0.1) is 0 Å². The highest BCUT2D eigenvalue weighted by molar-refractivity contribution is 7.09. The van der Waals surface area contributed by atoms with Crippen molar-refractivity contribution in [1.82, 2.24) is 9.36 Å². The van der Waals surface area contributed by atoms with Crippen LogP contribution in [0.5, 0.6) is 0 Å². The third kappa shape index (κ3) is 3.55. The Morgan fingerprint density at radius 1 is 1.54 bits per heavy atom. The molecule has 0 fully saturated rings. The monoisotopic (exact) mass is 197 g/mol. The minimum absolute atomic E-state index is 0.910. The van der Waals surface area contributed by atoms with E-state index >= 15 is 0 Å². The van der Waals surface area contributed by atoms with E-state index in [9.17, 15) is 0 Å². The second kappa shape index (κ2) is 5.70. The van der Waals surface area contributed by atoms with E-state index in [2.05, 4.69) is 33.8 Å². The van der Waals surface area contributed by atoms with Gasteiger partial charge in [0, 0.05) is 24.5 Å². The van der Waals surface area contributed by atoms with Crippen molar-refractivity contribution >= 4 is 16.7 Å². The number of aryl methyl sites for hydroxylation is 1. The van der Waals surface area contributed by atoms with E-state index < -0.39 is 0 Å². The zero-order chi connectivity index (χ0) is 9.52. The van der Waals surface area contributed by atoms with Gasteiger partial charge in [0.05, 0.1) is 0 Å². The van der Waals surface area contributed by atoms with Gasteiger partial charge in [-0.2, -0.15) is 4.37 Å². The Kier molecular flexibility index (Phi) is 4.46. The van der Waals surface area contributed by atoms with Gasteiger partial charge in [-0.25, -0.2) is 4.98 Å². The molecule has 1 aromatic rings. The van der Waals surface area contributed by atoms with Crippen LogP contribution in [0.3, 0.4) is 0 Å². The molecule has 1 rings (SSSR count). The smallest absolute Gasteiger partial charge is 0.202 e. The molecule has 1 N–H and O–H groups in total. The van der Waals surface area contributed by atoms with E-state index in [4.69, 9.17) is 0 Å². The average Bonchev–Trinajstić information content (AvgIpc) is 2.60. The lowest BCUT2D eigenvalue weighted by Crippen LogP contribution is -1.99. The Morgan fingerprint density at radius 3 is 3.00 bits per heavy atom. The summed E-state index contributed by atoms with van der Waals surface area (Å²) in [6, 6.07) is 0. The summed E-state index contributed by atoms with van der Waals surface area (Å²) in [6.07, 6.45) is 6.14. The first-order valence-corrected chi connectivity index (χ1v) is 5.31. The molecule has 0 saturated heterocycles. The molecule has 0 saturated carbocycles. The summed E-state index contributed by atoms with van der Waals surface area (Å²) in [6.45, 7) is 5.02. The molecule has 0 atom stereocenters. The zero-order valence-electron chi connectivity index (χ0n) is 8.08. The summed E-state index contributed by atoms with van der Waals surface area (Å²) in [5.41, 5.74) is 0. The summed E-state index contributed by atoms with van der Waals surface area (Å²) in [7, 11) is 0. The lowest BCUT2D eigenvalue weighted by molar-refractivity contribution is 0.987. The molecule has 1 heterocycles. The fourth-order valence-corrected chi connectivity index (χ4v) is 1.57. The fraction of sp³-hybridized carbons (Fsp3) is 0.556. The van der Waals surface area contributed by atoms with Crippen LogP contribution in [0.25, 0.3) is 0 Å². The number of hydrogen-bond acceptors (Lipinski definition) is 4. The molecule has 0 bridgehead atoms. The van der Waals surface area contributed by atoms with Crippen LogP contribution in [0.15, 0.2) is 12.2 Å². The van der Waals surface area contributed by atoms with Gasteiger partial charge in [-0.3, -0.25) is 0 Å². The van der Waals surface area contributed by atoms with Crippen LogP contribution < -0.4 is 5.32 Å². The highest BCUT2D eigenvalue weighted by Gasteiger charge is 1.99. The van der Waals surface area contributed by atoms with Crippen LogP contribution in [-0.4, -0.2) is 15.9 Å². The van der Waals surface area contributed by atoms with E-state index in [0.29, 0.717) is 0 Å². The highest BCUT2D eigenvalue weighted by atomic mass is 32.1. The summed E-state index contributed by atoms with van der Waals surface area (Å²) in [4.78, 5) is 4.30.